The Hall–Kier alpha value is -1.83. The molecule has 0 radical (unpaired) electrons. The van der Waals surface area contributed by atoms with Gasteiger partial charge < -0.3 is 14.6 Å². The smallest absolute Gasteiger partial charge is 0.310 e. The molecule has 4 rings (SSSR count). The van der Waals surface area contributed by atoms with Crippen LogP contribution in [0.15, 0.2) is 39.9 Å². The summed E-state index contributed by atoms with van der Waals surface area (Å²) in [6.45, 7) is 8.06. The van der Waals surface area contributed by atoms with E-state index in [1.807, 2.05) is 18.2 Å². The van der Waals surface area contributed by atoms with Crippen LogP contribution in [0.3, 0.4) is 0 Å². The van der Waals surface area contributed by atoms with Crippen molar-refractivity contribution in [1.29, 1.82) is 0 Å². The Morgan fingerprint density at radius 1 is 1.24 bits per heavy atom. The summed E-state index contributed by atoms with van der Waals surface area (Å²) in [4.78, 5) is 21.0. The lowest BCUT2D eigenvalue weighted by Crippen LogP contribution is -2.52. The number of aliphatic carboxylic acids is 1. The van der Waals surface area contributed by atoms with Crippen molar-refractivity contribution < 1.29 is 9.90 Å². The van der Waals surface area contributed by atoms with Crippen molar-refractivity contribution in [3.63, 3.8) is 0 Å². The van der Waals surface area contributed by atoms with Crippen LogP contribution in [-0.2, 0) is 11.3 Å². The summed E-state index contributed by atoms with van der Waals surface area (Å²) < 4.78 is 3.22. The van der Waals surface area contributed by atoms with Gasteiger partial charge in [-0.05, 0) is 59.6 Å². The first-order valence-corrected chi connectivity index (χ1v) is 10.8. The molecular weight excluding hydrogens is 456 g/mol. The molecule has 0 atom stereocenters. The minimum atomic E-state index is -0.758. The Morgan fingerprint density at radius 2 is 1.97 bits per heavy atom. The van der Waals surface area contributed by atoms with Gasteiger partial charge in [-0.3, -0.25) is 9.69 Å². The SMILES string of the molecule is CC(C)(CN1CCN(C2=Nc3ccc(Cl)cc3Cn3cc(Br)cc32)CC1)C(=O)O. The minimum Gasteiger partial charge on any atom is -0.481 e. The first-order valence-electron chi connectivity index (χ1n) is 9.67. The Balaban J connectivity index is 1.59. The average molecular weight is 480 g/mol. The molecule has 3 heterocycles. The molecule has 1 fully saturated rings. The number of carboxylic acids is 1. The van der Waals surface area contributed by atoms with E-state index in [-0.39, 0.29) is 0 Å². The molecule has 6 nitrogen and oxygen atoms in total. The number of nitrogens with zero attached hydrogens (tertiary/aromatic N) is 4. The maximum atomic E-state index is 11.5. The van der Waals surface area contributed by atoms with E-state index in [4.69, 9.17) is 16.6 Å². The molecule has 2 aliphatic rings. The number of benzene rings is 1. The summed E-state index contributed by atoms with van der Waals surface area (Å²) in [7, 11) is 0. The quantitative estimate of drug-likeness (QED) is 0.721. The first kappa shape index (κ1) is 20.4. The molecule has 1 N–H and O–H groups in total. The lowest BCUT2D eigenvalue weighted by molar-refractivity contribution is -0.148. The van der Waals surface area contributed by atoms with Crippen LogP contribution < -0.4 is 0 Å². The number of aromatic nitrogens is 1. The lowest BCUT2D eigenvalue weighted by atomic mass is 9.93. The molecule has 29 heavy (non-hydrogen) atoms. The standard InChI is InChI=1S/C21H24BrClN4O2/c1-21(2,20(28)29)13-25-5-7-26(8-6-25)19-18-10-15(22)12-27(18)11-14-9-16(23)3-4-17(14)24-19/h3-4,9-10,12H,5-8,11,13H2,1-2H3,(H,28,29). The predicted molar refractivity (Wildman–Crippen MR) is 118 cm³/mol. The van der Waals surface area contributed by atoms with Gasteiger partial charge in [0.25, 0.3) is 0 Å². The molecule has 0 aliphatic carbocycles. The Morgan fingerprint density at radius 3 is 2.66 bits per heavy atom. The van der Waals surface area contributed by atoms with Gasteiger partial charge in [0.2, 0.25) is 0 Å². The summed E-state index contributed by atoms with van der Waals surface area (Å²) in [6, 6.07) is 7.94. The van der Waals surface area contributed by atoms with Crippen molar-refractivity contribution in [3.05, 3.63) is 51.2 Å². The molecule has 2 aromatic rings. The highest BCUT2D eigenvalue weighted by atomic mass is 79.9. The number of aliphatic imine (C=N–C) groups is 1. The van der Waals surface area contributed by atoms with Crippen LogP contribution in [0.5, 0.6) is 0 Å². The van der Waals surface area contributed by atoms with E-state index in [1.54, 1.807) is 13.8 Å². The second-order valence-electron chi connectivity index (χ2n) is 8.33. The molecule has 0 bridgehead atoms. The van der Waals surface area contributed by atoms with Crippen LogP contribution in [0.2, 0.25) is 5.02 Å². The third-order valence-corrected chi connectivity index (χ3v) is 6.24. The van der Waals surface area contributed by atoms with Gasteiger partial charge in [0.05, 0.1) is 16.8 Å². The van der Waals surface area contributed by atoms with Crippen LogP contribution in [0.4, 0.5) is 5.69 Å². The van der Waals surface area contributed by atoms with Gasteiger partial charge in [-0.25, -0.2) is 4.99 Å². The molecule has 154 valence electrons. The Bertz CT molecular complexity index is 977. The first-order chi connectivity index (χ1) is 13.7. The molecule has 1 aromatic carbocycles. The number of piperazine rings is 1. The van der Waals surface area contributed by atoms with Crippen LogP contribution in [0, 0.1) is 5.41 Å². The summed E-state index contributed by atoms with van der Waals surface area (Å²) in [5, 5.41) is 10.1. The Labute approximate surface area is 183 Å². The summed E-state index contributed by atoms with van der Waals surface area (Å²) in [6.07, 6.45) is 2.08. The van der Waals surface area contributed by atoms with Crippen molar-refractivity contribution >= 4 is 45.0 Å². The molecule has 8 heteroatoms. The van der Waals surface area contributed by atoms with Crippen LogP contribution in [0.25, 0.3) is 0 Å². The molecule has 2 aliphatic heterocycles. The van der Waals surface area contributed by atoms with Crippen LogP contribution in [0.1, 0.15) is 25.1 Å². The number of carbonyl (C=O) groups is 1. The monoisotopic (exact) mass is 478 g/mol. The summed E-state index contributed by atoms with van der Waals surface area (Å²) in [5.41, 5.74) is 2.36. The fourth-order valence-electron chi connectivity index (χ4n) is 3.91. The highest BCUT2D eigenvalue weighted by Gasteiger charge is 2.32. The normalized spacial score (nSPS) is 17.4. The fraction of sp³-hybridized carbons (Fsp3) is 0.429. The van der Waals surface area contributed by atoms with E-state index in [0.29, 0.717) is 11.6 Å². The van der Waals surface area contributed by atoms with E-state index >= 15 is 0 Å². The number of hydrogen-bond donors (Lipinski definition) is 1. The second kappa shape index (κ2) is 7.78. The topological polar surface area (TPSA) is 61.1 Å². The predicted octanol–water partition coefficient (Wildman–Crippen LogP) is 4.07. The van der Waals surface area contributed by atoms with Gasteiger partial charge in [-0.15, -0.1) is 0 Å². The molecule has 0 amide bonds. The fourth-order valence-corrected chi connectivity index (χ4v) is 4.57. The van der Waals surface area contributed by atoms with Crippen molar-refractivity contribution in [2.45, 2.75) is 20.4 Å². The van der Waals surface area contributed by atoms with Gasteiger partial charge in [0.1, 0.15) is 0 Å². The van der Waals surface area contributed by atoms with Crippen molar-refractivity contribution in [3.8, 4) is 0 Å². The third-order valence-electron chi connectivity index (χ3n) is 5.57. The third kappa shape index (κ3) is 4.22. The van der Waals surface area contributed by atoms with Crippen molar-refractivity contribution in [2.24, 2.45) is 10.4 Å². The van der Waals surface area contributed by atoms with Gasteiger partial charge in [-0.1, -0.05) is 11.6 Å². The van der Waals surface area contributed by atoms with Gasteiger partial charge in [0.15, 0.2) is 5.84 Å². The maximum absolute atomic E-state index is 11.5. The largest absolute Gasteiger partial charge is 0.481 e. The number of hydrogen-bond acceptors (Lipinski definition) is 4. The number of halogens is 2. The summed E-state index contributed by atoms with van der Waals surface area (Å²) >= 11 is 9.81. The average Bonchev–Trinajstić information content (AvgIpc) is 2.94. The molecular formula is C21H24BrClN4O2. The van der Waals surface area contributed by atoms with E-state index < -0.39 is 11.4 Å². The van der Waals surface area contributed by atoms with Crippen LogP contribution >= 0.6 is 27.5 Å². The van der Waals surface area contributed by atoms with E-state index in [0.717, 1.165) is 60.0 Å². The molecule has 0 unspecified atom stereocenters. The number of carboxylic acid groups (broad SMARTS) is 1. The zero-order chi connectivity index (χ0) is 20.8. The van der Waals surface area contributed by atoms with Gasteiger partial charge in [-0.2, -0.15) is 0 Å². The number of rotatable bonds is 3. The van der Waals surface area contributed by atoms with Crippen LogP contribution in [-0.4, -0.2) is 64.0 Å². The zero-order valence-electron chi connectivity index (χ0n) is 16.5. The Kier molecular flexibility index (Phi) is 5.48. The van der Waals surface area contributed by atoms with E-state index in [2.05, 4.69) is 42.6 Å². The number of amidine groups is 1. The highest BCUT2D eigenvalue weighted by Crippen LogP contribution is 2.31. The maximum Gasteiger partial charge on any atom is 0.310 e. The lowest BCUT2D eigenvalue weighted by Gasteiger charge is -2.38. The van der Waals surface area contributed by atoms with Gasteiger partial charge in [0, 0.05) is 55.0 Å². The highest BCUT2D eigenvalue weighted by molar-refractivity contribution is 9.10. The molecule has 1 aromatic heterocycles. The summed E-state index contributed by atoms with van der Waals surface area (Å²) in [5.74, 6) is 0.194. The number of fused-ring (bicyclic) bond motifs is 2. The molecule has 1 saturated heterocycles. The minimum absolute atomic E-state index is 0.548. The van der Waals surface area contributed by atoms with E-state index in [9.17, 15) is 9.90 Å². The van der Waals surface area contributed by atoms with Crippen molar-refractivity contribution in [1.82, 2.24) is 14.4 Å². The van der Waals surface area contributed by atoms with Gasteiger partial charge >= 0.3 is 5.97 Å². The zero-order valence-corrected chi connectivity index (χ0v) is 18.9. The van der Waals surface area contributed by atoms with E-state index in [1.165, 1.54) is 0 Å². The molecule has 0 spiro atoms. The second-order valence-corrected chi connectivity index (χ2v) is 9.68. The van der Waals surface area contributed by atoms with Crippen molar-refractivity contribution in [2.75, 3.05) is 32.7 Å². The molecule has 0 saturated carbocycles.